The maximum absolute atomic E-state index is 14.1. The lowest BCUT2D eigenvalue weighted by molar-refractivity contribution is 0.0790. The van der Waals surface area contributed by atoms with Gasteiger partial charge in [-0.3, -0.25) is 28.8 Å². The molecule has 0 aliphatic heterocycles. The zero-order valence-corrected chi connectivity index (χ0v) is 24.9. The molecule has 0 saturated heterocycles. The van der Waals surface area contributed by atoms with E-state index in [9.17, 15) is 44.1 Å². The first-order valence-electron chi connectivity index (χ1n) is 13.5. The number of aromatic amines is 1. The first kappa shape index (κ1) is 29.1. The van der Waals surface area contributed by atoms with Gasteiger partial charge < -0.3 is 25.0 Å². The van der Waals surface area contributed by atoms with Crippen LogP contribution in [0.25, 0.3) is 10.8 Å². The molecular formula is C31H18ClN3O10S. The van der Waals surface area contributed by atoms with Crippen LogP contribution in [0.4, 0.5) is 0 Å². The molecule has 7 rings (SSSR count). The Kier molecular flexibility index (Phi) is 6.30. The standard InChI is InChI=1S/C31H18ClN3O10S/c1-45-14-8-13(36)18-19(23(14)37)25(39)21-20(24(18)38)27(41)31(28(21)42)5-4-10-6-11-7-12(34-30(44)17(11)26(40)22(10)31)9-33-35-29(43)15-2-3-16(32)46-15/h2-3,6-9,38-40H,4-5H2,1H3,(H,34,44)(H,35,43). The summed E-state index contributed by atoms with van der Waals surface area (Å²) in [5, 5.41) is 37.6. The highest BCUT2D eigenvalue weighted by molar-refractivity contribution is 7.18. The van der Waals surface area contributed by atoms with Gasteiger partial charge in [0.15, 0.2) is 23.1 Å². The SMILES string of the molecule is COC1=CC(=O)c2c(O)c3c(c(O)c2C1=O)C(=O)C1(CCc2cc4cc(C=NNC(=O)c5ccc(Cl)s5)[nH]c(=O)c4c(O)c21)C3=O. The number of phenolic OH excluding ortho intramolecular Hbond substituents is 3. The number of rotatable bonds is 4. The lowest BCUT2D eigenvalue weighted by Gasteiger charge is -2.22. The van der Waals surface area contributed by atoms with Crippen molar-refractivity contribution >= 4 is 69.0 Å². The molecule has 2 aromatic heterocycles. The van der Waals surface area contributed by atoms with Gasteiger partial charge in [-0.05, 0) is 42.0 Å². The Morgan fingerprint density at radius 2 is 1.72 bits per heavy atom. The molecule has 0 fully saturated rings. The van der Waals surface area contributed by atoms with Crippen molar-refractivity contribution in [2.24, 2.45) is 5.10 Å². The number of nitrogens with one attached hydrogen (secondary N) is 2. The first-order chi connectivity index (χ1) is 21.9. The van der Waals surface area contributed by atoms with Crippen LogP contribution in [0.1, 0.15) is 74.3 Å². The van der Waals surface area contributed by atoms with E-state index in [1.54, 1.807) is 6.07 Å². The molecule has 1 spiro atoms. The van der Waals surface area contributed by atoms with E-state index in [0.717, 1.165) is 24.5 Å². The molecule has 1 atom stereocenters. The van der Waals surface area contributed by atoms with E-state index >= 15 is 0 Å². The number of amides is 1. The van der Waals surface area contributed by atoms with Crippen molar-refractivity contribution in [3.8, 4) is 17.2 Å². The largest absolute Gasteiger partial charge is 0.507 e. The lowest BCUT2D eigenvalue weighted by atomic mass is 9.76. The minimum Gasteiger partial charge on any atom is -0.507 e. The van der Waals surface area contributed by atoms with Gasteiger partial charge in [-0.25, -0.2) is 5.43 Å². The number of fused-ring (bicyclic) bond motifs is 5. The first-order valence-corrected chi connectivity index (χ1v) is 14.7. The number of aromatic hydroxyl groups is 3. The van der Waals surface area contributed by atoms with Gasteiger partial charge in [0.25, 0.3) is 11.5 Å². The van der Waals surface area contributed by atoms with Crippen molar-refractivity contribution in [3.63, 3.8) is 0 Å². The highest BCUT2D eigenvalue weighted by Crippen LogP contribution is 2.57. The summed E-state index contributed by atoms with van der Waals surface area (Å²) in [6, 6.07) is 6.07. The number of hydrogen-bond donors (Lipinski definition) is 5. The van der Waals surface area contributed by atoms with Crippen molar-refractivity contribution in [2.45, 2.75) is 18.3 Å². The average molecular weight is 660 g/mol. The second-order valence-electron chi connectivity index (χ2n) is 10.7. The number of hydrogen-bond acceptors (Lipinski definition) is 12. The van der Waals surface area contributed by atoms with Crippen molar-refractivity contribution < 1.29 is 44.0 Å². The predicted molar refractivity (Wildman–Crippen MR) is 163 cm³/mol. The van der Waals surface area contributed by atoms with E-state index < -0.39 is 85.3 Å². The Hall–Kier alpha value is -5.60. The topological polar surface area (TPSA) is 213 Å². The van der Waals surface area contributed by atoms with Crippen LogP contribution >= 0.6 is 22.9 Å². The zero-order valence-electron chi connectivity index (χ0n) is 23.3. The van der Waals surface area contributed by atoms with Gasteiger partial charge in [-0.15, -0.1) is 11.3 Å². The van der Waals surface area contributed by atoms with Gasteiger partial charge in [-0.1, -0.05) is 17.7 Å². The molecule has 1 unspecified atom stereocenters. The number of carbonyl (C=O) groups excluding carboxylic acids is 5. The normalized spacial score (nSPS) is 18.3. The minimum atomic E-state index is -2.15. The lowest BCUT2D eigenvalue weighted by Crippen LogP contribution is -2.36. The molecule has 3 aliphatic carbocycles. The molecule has 2 heterocycles. The number of carbonyl (C=O) groups is 5. The van der Waals surface area contributed by atoms with Crippen LogP contribution in [0.2, 0.25) is 4.34 Å². The van der Waals surface area contributed by atoms with E-state index in [2.05, 4.69) is 15.5 Å². The Bertz CT molecular complexity index is 2300. The molecule has 0 radical (unpaired) electrons. The second-order valence-corrected chi connectivity index (χ2v) is 12.5. The van der Waals surface area contributed by atoms with Gasteiger partial charge in [0.1, 0.15) is 22.7 Å². The smallest absolute Gasteiger partial charge is 0.281 e. The number of phenols is 3. The molecular weight excluding hydrogens is 642 g/mol. The summed E-state index contributed by atoms with van der Waals surface area (Å²) >= 11 is 6.90. The number of hydrazone groups is 1. The second kappa shape index (κ2) is 9.95. The van der Waals surface area contributed by atoms with Crippen molar-refractivity contribution in [1.82, 2.24) is 10.4 Å². The van der Waals surface area contributed by atoms with Crippen LogP contribution < -0.4 is 11.0 Å². The number of pyridine rings is 1. The summed E-state index contributed by atoms with van der Waals surface area (Å²) in [6.45, 7) is 0. The van der Waals surface area contributed by atoms with Crippen LogP contribution in [0, 0.1) is 0 Å². The fraction of sp³-hybridized carbons (Fsp3) is 0.129. The number of aromatic nitrogens is 1. The van der Waals surface area contributed by atoms with E-state index in [0.29, 0.717) is 14.8 Å². The summed E-state index contributed by atoms with van der Waals surface area (Å²) in [4.78, 5) is 82.3. The summed E-state index contributed by atoms with van der Waals surface area (Å²) in [7, 11) is 1.12. The van der Waals surface area contributed by atoms with Crippen molar-refractivity contribution in [2.75, 3.05) is 7.11 Å². The molecule has 1 amide bonds. The number of allylic oxidation sites excluding steroid dienone is 2. The monoisotopic (exact) mass is 659 g/mol. The Balaban J connectivity index is 1.32. The maximum Gasteiger partial charge on any atom is 0.281 e. The number of ketones is 4. The highest BCUT2D eigenvalue weighted by atomic mass is 35.5. The molecule has 230 valence electrons. The van der Waals surface area contributed by atoms with E-state index in [-0.39, 0.29) is 34.9 Å². The third-order valence-corrected chi connectivity index (χ3v) is 9.66. The Morgan fingerprint density at radius 3 is 2.37 bits per heavy atom. The van der Waals surface area contributed by atoms with Crippen LogP contribution in [-0.4, -0.2) is 62.7 Å². The molecule has 46 heavy (non-hydrogen) atoms. The predicted octanol–water partition coefficient (Wildman–Crippen LogP) is 3.30. The number of H-pyrrole nitrogens is 1. The third-order valence-electron chi connectivity index (χ3n) is 8.43. The average Bonchev–Trinajstić information content (AvgIpc) is 3.68. The van der Waals surface area contributed by atoms with Gasteiger partial charge >= 0.3 is 0 Å². The zero-order chi connectivity index (χ0) is 32.8. The number of nitrogens with zero attached hydrogens (tertiary/aromatic N) is 1. The van der Waals surface area contributed by atoms with Crippen LogP contribution in [0.15, 0.2) is 46.0 Å². The molecule has 4 aromatic rings. The van der Waals surface area contributed by atoms with Crippen LogP contribution in [0.3, 0.4) is 0 Å². The summed E-state index contributed by atoms with van der Waals surface area (Å²) < 4.78 is 5.33. The number of thiophene rings is 1. The highest BCUT2D eigenvalue weighted by Gasteiger charge is 2.61. The molecule has 0 bridgehead atoms. The van der Waals surface area contributed by atoms with Crippen LogP contribution in [-0.2, 0) is 16.6 Å². The van der Waals surface area contributed by atoms with Gasteiger partial charge in [-0.2, -0.15) is 5.10 Å². The molecule has 0 saturated carbocycles. The Labute approximate surface area is 265 Å². The minimum absolute atomic E-state index is 0.0778. The van der Waals surface area contributed by atoms with Crippen molar-refractivity contribution in [1.29, 1.82) is 0 Å². The molecule has 13 nitrogen and oxygen atoms in total. The fourth-order valence-electron chi connectivity index (χ4n) is 6.48. The van der Waals surface area contributed by atoms with E-state index in [1.165, 1.54) is 24.4 Å². The number of benzene rings is 2. The van der Waals surface area contributed by atoms with Gasteiger partial charge in [0.2, 0.25) is 5.78 Å². The summed E-state index contributed by atoms with van der Waals surface area (Å²) in [5.41, 5.74) is -2.97. The van der Waals surface area contributed by atoms with Crippen LogP contribution in [0.5, 0.6) is 17.2 Å². The summed E-state index contributed by atoms with van der Waals surface area (Å²) in [5.74, 6) is -7.45. The number of aryl methyl sites for hydroxylation is 1. The Morgan fingerprint density at radius 1 is 1.02 bits per heavy atom. The molecule has 2 aromatic carbocycles. The van der Waals surface area contributed by atoms with Gasteiger partial charge in [0.05, 0.1) is 55.9 Å². The number of ether oxygens (including phenoxy) is 1. The molecule has 15 heteroatoms. The van der Waals surface area contributed by atoms with E-state index in [1.807, 2.05) is 0 Å². The quantitative estimate of drug-likeness (QED) is 0.0933. The fourth-order valence-corrected chi connectivity index (χ4v) is 7.41. The number of halogens is 1. The van der Waals surface area contributed by atoms with E-state index in [4.69, 9.17) is 16.3 Å². The van der Waals surface area contributed by atoms with Gasteiger partial charge in [0, 0.05) is 11.6 Å². The molecule has 5 N–H and O–H groups in total. The maximum atomic E-state index is 14.1. The molecule has 3 aliphatic rings. The third kappa shape index (κ3) is 3.77. The number of Topliss-reactive ketones (excluding diaryl/α,β-unsaturated/α-hetero) is 3. The summed E-state index contributed by atoms with van der Waals surface area (Å²) in [6.07, 6.45) is 1.86. The van der Waals surface area contributed by atoms with Crippen molar-refractivity contribution in [3.05, 3.63) is 94.7 Å². The number of methoxy groups -OCH3 is 1.